The van der Waals surface area contributed by atoms with E-state index in [0.29, 0.717) is 6.54 Å². The normalized spacial score (nSPS) is 10.4. The molecule has 0 radical (unpaired) electrons. The van der Waals surface area contributed by atoms with Crippen molar-refractivity contribution in [2.45, 2.75) is 32.7 Å². The van der Waals surface area contributed by atoms with Gasteiger partial charge in [-0.15, -0.1) is 0 Å². The molecule has 1 amide bonds. The van der Waals surface area contributed by atoms with E-state index in [1.165, 1.54) is 0 Å². The zero-order chi connectivity index (χ0) is 13.5. The topological polar surface area (TPSA) is 58.4 Å². The van der Waals surface area contributed by atoms with Crippen LogP contribution in [0.4, 0.5) is 11.4 Å². The third-order valence-corrected chi connectivity index (χ3v) is 3.07. The second-order valence-electron chi connectivity index (χ2n) is 4.53. The van der Waals surface area contributed by atoms with Crippen LogP contribution in [0.1, 0.15) is 26.7 Å². The highest BCUT2D eigenvalue weighted by molar-refractivity contribution is 5.81. The third kappa shape index (κ3) is 4.28. The summed E-state index contributed by atoms with van der Waals surface area (Å²) in [5, 5.41) is 3.02. The van der Waals surface area contributed by atoms with Crippen LogP contribution in [0.15, 0.2) is 24.3 Å². The number of nitrogens with two attached hydrogens (primary N) is 1. The molecular formula is C14H23N3O. The molecule has 1 aromatic carbocycles. The lowest BCUT2D eigenvalue weighted by molar-refractivity contribution is -0.120. The fourth-order valence-electron chi connectivity index (χ4n) is 1.80. The highest BCUT2D eigenvalue weighted by atomic mass is 16.2. The van der Waals surface area contributed by atoms with Crippen LogP contribution >= 0.6 is 0 Å². The Labute approximate surface area is 109 Å². The number of amides is 1. The standard InChI is InChI=1S/C14H23N3O/c1-4-12(5-2)16-14(18)10-17(3)13-8-6-11(15)7-9-13/h6-9,12H,4-5,10,15H2,1-3H3,(H,16,18). The molecule has 0 unspecified atom stereocenters. The summed E-state index contributed by atoms with van der Waals surface area (Å²) in [7, 11) is 1.90. The van der Waals surface area contributed by atoms with Crippen LogP contribution in [0.2, 0.25) is 0 Å². The summed E-state index contributed by atoms with van der Waals surface area (Å²) < 4.78 is 0. The number of hydrogen-bond acceptors (Lipinski definition) is 3. The molecule has 0 atom stereocenters. The molecule has 100 valence electrons. The van der Waals surface area contributed by atoms with Crippen molar-refractivity contribution in [2.75, 3.05) is 24.2 Å². The number of rotatable bonds is 6. The van der Waals surface area contributed by atoms with Crippen LogP contribution in [0.25, 0.3) is 0 Å². The largest absolute Gasteiger partial charge is 0.399 e. The van der Waals surface area contributed by atoms with Crippen LogP contribution in [-0.2, 0) is 4.79 Å². The maximum Gasteiger partial charge on any atom is 0.239 e. The molecule has 0 fully saturated rings. The molecule has 0 aromatic heterocycles. The Balaban J connectivity index is 2.51. The van der Waals surface area contributed by atoms with Crippen molar-refractivity contribution in [3.8, 4) is 0 Å². The van der Waals surface area contributed by atoms with Crippen LogP contribution in [0.5, 0.6) is 0 Å². The summed E-state index contributed by atoms with van der Waals surface area (Å²) in [6.45, 7) is 4.52. The third-order valence-electron chi connectivity index (χ3n) is 3.07. The van der Waals surface area contributed by atoms with Gasteiger partial charge in [0.05, 0.1) is 6.54 Å². The van der Waals surface area contributed by atoms with Crippen molar-refractivity contribution >= 4 is 17.3 Å². The second-order valence-corrected chi connectivity index (χ2v) is 4.53. The molecule has 0 spiro atoms. The molecule has 0 saturated carbocycles. The first-order chi connectivity index (χ1) is 8.56. The van der Waals surface area contributed by atoms with Crippen LogP contribution in [-0.4, -0.2) is 25.5 Å². The number of likely N-dealkylation sites (N-methyl/N-ethyl adjacent to an activating group) is 1. The van der Waals surface area contributed by atoms with Gasteiger partial charge < -0.3 is 16.0 Å². The smallest absolute Gasteiger partial charge is 0.239 e. The van der Waals surface area contributed by atoms with Crippen molar-refractivity contribution in [3.63, 3.8) is 0 Å². The first-order valence-corrected chi connectivity index (χ1v) is 6.42. The Morgan fingerprint density at radius 1 is 1.28 bits per heavy atom. The van der Waals surface area contributed by atoms with E-state index in [-0.39, 0.29) is 11.9 Å². The molecule has 0 heterocycles. The van der Waals surface area contributed by atoms with Crippen molar-refractivity contribution in [3.05, 3.63) is 24.3 Å². The second kappa shape index (κ2) is 6.89. The summed E-state index contributed by atoms with van der Waals surface area (Å²) in [5.74, 6) is 0.0584. The average Bonchev–Trinajstić information content (AvgIpc) is 2.36. The number of carbonyl (C=O) groups is 1. The van der Waals surface area contributed by atoms with Gasteiger partial charge in [-0.2, -0.15) is 0 Å². The highest BCUT2D eigenvalue weighted by Gasteiger charge is 2.11. The van der Waals surface area contributed by atoms with Gasteiger partial charge in [0, 0.05) is 24.5 Å². The lowest BCUT2D eigenvalue weighted by atomic mass is 10.2. The molecule has 0 saturated heterocycles. The molecule has 0 aliphatic rings. The number of benzene rings is 1. The molecule has 0 aliphatic carbocycles. The predicted octanol–water partition coefficient (Wildman–Crippen LogP) is 2.01. The van der Waals surface area contributed by atoms with Gasteiger partial charge in [0.1, 0.15) is 0 Å². The lowest BCUT2D eigenvalue weighted by Gasteiger charge is -2.21. The van der Waals surface area contributed by atoms with Crippen LogP contribution in [0.3, 0.4) is 0 Å². The van der Waals surface area contributed by atoms with Gasteiger partial charge in [0.2, 0.25) is 5.91 Å². The quantitative estimate of drug-likeness (QED) is 0.758. The van der Waals surface area contributed by atoms with E-state index < -0.39 is 0 Å². The van der Waals surface area contributed by atoms with Gasteiger partial charge in [0.15, 0.2) is 0 Å². The van der Waals surface area contributed by atoms with Crippen molar-refractivity contribution in [2.24, 2.45) is 0 Å². The van der Waals surface area contributed by atoms with E-state index in [1.54, 1.807) is 0 Å². The van der Waals surface area contributed by atoms with Gasteiger partial charge in [-0.25, -0.2) is 0 Å². The Kier molecular flexibility index (Phi) is 5.49. The molecule has 18 heavy (non-hydrogen) atoms. The van der Waals surface area contributed by atoms with Crippen molar-refractivity contribution < 1.29 is 4.79 Å². The minimum atomic E-state index is 0.0584. The maximum atomic E-state index is 11.8. The fraction of sp³-hybridized carbons (Fsp3) is 0.500. The summed E-state index contributed by atoms with van der Waals surface area (Å²) >= 11 is 0. The molecular weight excluding hydrogens is 226 g/mol. The Hall–Kier alpha value is -1.71. The molecule has 0 aliphatic heterocycles. The number of nitrogen functional groups attached to an aromatic ring is 1. The first kappa shape index (κ1) is 14.4. The molecule has 4 nitrogen and oxygen atoms in total. The zero-order valence-corrected chi connectivity index (χ0v) is 11.4. The summed E-state index contributed by atoms with van der Waals surface area (Å²) in [6, 6.07) is 7.78. The van der Waals surface area contributed by atoms with Crippen LogP contribution < -0.4 is 16.0 Å². The molecule has 4 heteroatoms. The summed E-state index contributed by atoms with van der Waals surface area (Å²) in [6.07, 6.45) is 1.93. The zero-order valence-electron chi connectivity index (χ0n) is 11.4. The number of nitrogens with zero attached hydrogens (tertiary/aromatic N) is 1. The van der Waals surface area contributed by atoms with Gasteiger partial charge in [-0.3, -0.25) is 4.79 Å². The maximum absolute atomic E-state index is 11.8. The van der Waals surface area contributed by atoms with Crippen molar-refractivity contribution in [1.29, 1.82) is 0 Å². The van der Waals surface area contributed by atoms with Gasteiger partial charge >= 0.3 is 0 Å². The van der Waals surface area contributed by atoms with E-state index in [0.717, 1.165) is 24.2 Å². The van der Waals surface area contributed by atoms with E-state index in [1.807, 2.05) is 36.2 Å². The highest BCUT2D eigenvalue weighted by Crippen LogP contribution is 2.14. The van der Waals surface area contributed by atoms with Gasteiger partial charge in [-0.05, 0) is 37.1 Å². The SMILES string of the molecule is CCC(CC)NC(=O)CN(C)c1ccc(N)cc1. The minimum Gasteiger partial charge on any atom is -0.399 e. The Bertz CT molecular complexity index is 371. The minimum absolute atomic E-state index is 0.0584. The lowest BCUT2D eigenvalue weighted by Crippen LogP contribution is -2.40. The summed E-state index contributed by atoms with van der Waals surface area (Å²) in [4.78, 5) is 13.8. The fourth-order valence-corrected chi connectivity index (χ4v) is 1.80. The van der Waals surface area contributed by atoms with E-state index >= 15 is 0 Å². The molecule has 1 aromatic rings. The monoisotopic (exact) mass is 249 g/mol. The molecule has 1 rings (SSSR count). The average molecular weight is 249 g/mol. The first-order valence-electron chi connectivity index (χ1n) is 6.42. The molecule has 0 bridgehead atoms. The predicted molar refractivity (Wildman–Crippen MR) is 76.6 cm³/mol. The Morgan fingerprint density at radius 2 is 1.83 bits per heavy atom. The number of anilines is 2. The van der Waals surface area contributed by atoms with Crippen molar-refractivity contribution in [1.82, 2.24) is 5.32 Å². The number of nitrogens with one attached hydrogen (secondary N) is 1. The number of carbonyl (C=O) groups excluding carboxylic acids is 1. The van der Waals surface area contributed by atoms with E-state index in [4.69, 9.17) is 5.73 Å². The number of hydrogen-bond donors (Lipinski definition) is 2. The molecule has 3 N–H and O–H groups in total. The summed E-state index contributed by atoms with van der Waals surface area (Å²) in [5.41, 5.74) is 7.35. The van der Waals surface area contributed by atoms with E-state index in [9.17, 15) is 4.79 Å². The van der Waals surface area contributed by atoms with Gasteiger partial charge in [-0.1, -0.05) is 13.8 Å². The van der Waals surface area contributed by atoms with Crippen LogP contribution in [0, 0.1) is 0 Å². The van der Waals surface area contributed by atoms with Gasteiger partial charge in [0.25, 0.3) is 0 Å². The van der Waals surface area contributed by atoms with E-state index in [2.05, 4.69) is 19.2 Å². The Morgan fingerprint density at radius 3 is 2.33 bits per heavy atom.